The van der Waals surface area contributed by atoms with Crippen LogP contribution in [-0.4, -0.2) is 28.7 Å². The maximum Gasteiger partial charge on any atom is 0.340 e. The second kappa shape index (κ2) is 6.54. The van der Waals surface area contributed by atoms with Gasteiger partial charge in [-0.05, 0) is 43.5 Å². The monoisotopic (exact) mass is 364 g/mol. The Morgan fingerprint density at radius 1 is 1.11 bits per heavy atom. The molecule has 0 aromatic heterocycles. The molecular weight excluding hydrogens is 344 g/mol. The molecule has 0 saturated carbocycles. The fourth-order valence-electron chi connectivity index (χ4n) is 3.69. The van der Waals surface area contributed by atoms with E-state index in [9.17, 15) is 14.4 Å². The molecule has 1 saturated heterocycles. The number of benzene rings is 2. The fraction of sp³-hybridized carbons (Fsp3) is 0.286. The Labute approximate surface area is 157 Å². The second-order valence-corrected chi connectivity index (χ2v) is 6.94. The zero-order valence-electron chi connectivity index (χ0n) is 15.2. The smallest absolute Gasteiger partial charge is 0.340 e. The first-order chi connectivity index (χ1) is 13.0. The van der Waals surface area contributed by atoms with E-state index in [1.165, 1.54) is 4.90 Å². The van der Waals surface area contributed by atoms with Gasteiger partial charge in [-0.2, -0.15) is 0 Å². The minimum absolute atomic E-state index is 0.189. The largest absolute Gasteiger partial charge is 0.433 e. The molecule has 2 aliphatic rings. The number of carbonyl (C=O) groups is 3. The van der Waals surface area contributed by atoms with E-state index in [4.69, 9.17) is 4.74 Å². The quantitative estimate of drug-likeness (QED) is 0.849. The van der Waals surface area contributed by atoms with Gasteiger partial charge >= 0.3 is 5.97 Å². The molecule has 0 spiro atoms. The summed E-state index contributed by atoms with van der Waals surface area (Å²) in [6.45, 7) is 3.92. The lowest BCUT2D eigenvalue weighted by atomic mass is 10.1. The summed E-state index contributed by atoms with van der Waals surface area (Å²) in [5, 5.41) is 2.93. The van der Waals surface area contributed by atoms with Crippen LogP contribution in [0.25, 0.3) is 0 Å². The average molecular weight is 364 g/mol. The maximum absolute atomic E-state index is 12.9. The molecule has 27 heavy (non-hydrogen) atoms. The van der Waals surface area contributed by atoms with Crippen molar-refractivity contribution in [3.8, 4) is 0 Å². The number of esters is 1. The number of amides is 2. The van der Waals surface area contributed by atoms with Crippen molar-refractivity contribution in [1.29, 1.82) is 0 Å². The number of fused-ring (bicyclic) bond motifs is 1. The predicted octanol–water partition coefficient (Wildman–Crippen LogP) is 3.10. The summed E-state index contributed by atoms with van der Waals surface area (Å²) >= 11 is 0. The Morgan fingerprint density at radius 3 is 2.70 bits per heavy atom. The summed E-state index contributed by atoms with van der Waals surface area (Å²) in [6.07, 6.45) is -0.203. The lowest BCUT2D eigenvalue weighted by molar-refractivity contribution is -0.144. The Bertz CT molecular complexity index is 953. The standard InChI is InChI=1S/C21H20N2O4/c1-12-6-5-9-16(13(12)2)22-19(25)17-10-11-18(24)23(17)20-14-7-3-4-8-15(14)21(26)27-20/h3-9,17,20H,10-11H2,1-2H3,(H,22,25). The minimum Gasteiger partial charge on any atom is -0.433 e. The molecular formula is C21H20N2O4. The molecule has 138 valence electrons. The summed E-state index contributed by atoms with van der Waals surface area (Å²) in [4.78, 5) is 39.0. The molecule has 2 unspecified atom stereocenters. The van der Waals surface area contributed by atoms with Crippen LogP contribution in [0.5, 0.6) is 0 Å². The highest BCUT2D eigenvalue weighted by molar-refractivity contribution is 6.00. The van der Waals surface area contributed by atoms with Crippen LogP contribution in [-0.2, 0) is 14.3 Å². The molecule has 1 N–H and O–H groups in total. The summed E-state index contributed by atoms with van der Waals surface area (Å²) in [6, 6.07) is 12.0. The van der Waals surface area contributed by atoms with E-state index in [1.807, 2.05) is 32.0 Å². The molecule has 0 bridgehead atoms. The van der Waals surface area contributed by atoms with Crippen LogP contribution in [0.4, 0.5) is 5.69 Å². The summed E-state index contributed by atoms with van der Waals surface area (Å²) in [7, 11) is 0. The van der Waals surface area contributed by atoms with E-state index < -0.39 is 18.2 Å². The van der Waals surface area contributed by atoms with Crippen molar-refractivity contribution in [2.75, 3.05) is 5.32 Å². The predicted molar refractivity (Wildman–Crippen MR) is 99.0 cm³/mol. The van der Waals surface area contributed by atoms with E-state index in [0.717, 1.165) is 16.8 Å². The first-order valence-corrected chi connectivity index (χ1v) is 8.95. The molecule has 2 heterocycles. The van der Waals surface area contributed by atoms with Crippen LogP contribution in [0.3, 0.4) is 0 Å². The van der Waals surface area contributed by atoms with Gasteiger partial charge in [0.05, 0.1) is 5.56 Å². The van der Waals surface area contributed by atoms with Crippen molar-refractivity contribution in [2.45, 2.75) is 39.0 Å². The fourth-order valence-corrected chi connectivity index (χ4v) is 3.69. The van der Waals surface area contributed by atoms with Gasteiger partial charge in [-0.25, -0.2) is 4.79 Å². The lowest BCUT2D eigenvalue weighted by Gasteiger charge is -2.29. The number of ether oxygens (including phenoxy) is 1. The van der Waals surface area contributed by atoms with Gasteiger partial charge in [0.25, 0.3) is 0 Å². The number of carbonyl (C=O) groups excluding carboxylic acids is 3. The lowest BCUT2D eigenvalue weighted by Crippen LogP contribution is -2.44. The van der Waals surface area contributed by atoms with Crippen LogP contribution >= 0.6 is 0 Å². The third-order valence-corrected chi connectivity index (χ3v) is 5.34. The molecule has 2 aliphatic heterocycles. The molecule has 2 aromatic rings. The van der Waals surface area contributed by atoms with Gasteiger partial charge in [0.2, 0.25) is 18.0 Å². The third-order valence-electron chi connectivity index (χ3n) is 5.34. The van der Waals surface area contributed by atoms with E-state index >= 15 is 0 Å². The van der Waals surface area contributed by atoms with Gasteiger partial charge in [-0.3, -0.25) is 14.5 Å². The number of aryl methyl sites for hydroxylation is 1. The number of hydrogen-bond acceptors (Lipinski definition) is 4. The first-order valence-electron chi connectivity index (χ1n) is 8.95. The molecule has 2 aromatic carbocycles. The van der Waals surface area contributed by atoms with E-state index in [2.05, 4.69) is 5.32 Å². The Morgan fingerprint density at radius 2 is 1.89 bits per heavy atom. The van der Waals surface area contributed by atoms with Crippen molar-refractivity contribution >= 4 is 23.5 Å². The van der Waals surface area contributed by atoms with Gasteiger partial charge in [0, 0.05) is 17.7 Å². The molecule has 0 radical (unpaired) electrons. The van der Waals surface area contributed by atoms with Gasteiger partial charge < -0.3 is 10.1 Å². The minimum atomic E-state index is -0.849. The summed E-state index contributed by atoms with van der Waals surface area (Å²) in [5.41, 5.74) is 3.85. The van der Waals surface area contributed by atoms with Crippen LogP contribution in [0.1, 0.15) is 46.1 Å². The van der Waals surface area contributed by atoms with E-state index in [0.29, 0.717) is 17.5 Å². The van der Waals surface area contributed by atoms with E-state index in [1.54, 1.807) is 24.3 Å². The molecule has 2 amide bonds. The normalized spacial score (nSPS) is 21.2. The van der Waals surface area contributed by atoms with Gasteiger partial charge in [0.15, 0.2) is 0 Å². The Balaban J connectivity index is 1.62. The number of likely N-dealkylation sites (tertiary alicyclic amines) is 1. The SMILES string of the molecule is Cc1cccc(NC(=O)C2CCC(=O)N2C2OC(=O)c3ccccc32)c1C. The van der Waals surface area contributed by atoms with Crippen molar-refractivity contribution in [2.24, 2.45) is 0 Å². The zero-order valence-corrected chi connectivity index (χ0v) is 15.2. The van der Waals surface area contributed by atoms with E-state index in [-0.39, 0.29) is 18.2 Å². The molecule has 1 fully saturated rings. The Kier molecular flexibility index (Phi) is 4.18. The first kappa shape index (κ1) is 17.3. The zero-order chi connectivity index (χ0) is 19.1. The number of anilines is 1. The van der Waals surface area contributed by atoms with Crippen LogP contribution in [0.2, 0.25) is 0 Å². The summed E-state index contributed by atoms with van der Waals surface area (Å²) < 4.78 is 5.45. The van der Waals surface area contributed by atoms with Crippen molar-refractivity contribution < 1.29 is 19.1 Å². The van der Waals surface area contributed by atoms with Gasteiger partial charge in [-0.15, -0.1) is 0 Å². The highest BCUT2D eigenvalue weighted by atomic mass is 16.6. The second-order valence-electron chi connectivity index (χ2n) is 6.94. The maximum atomic E-state index is 12.9. The van der Waals surface area contributed by atoms with Crippen molar-refractivity contribution in [3.05, 3.63) is 64.7 Å². The number of nitrogens with one attached hydrogen (secondary N) is 1. The Hall–Kier alpha value is -3.15. The highest BCUT2D eigenvalue weighted by Gasteiger charge is 2.46. The van der Waals surface area contributed by atoms with Crippen molar-refractivity contribution in [3.63, 3.8) is 0 Å². The molecule has 0 aliphatic carbocycles. The summed E-state index contributed by atoms with van der Waals surface area (Å²) in [5.74, 6) is -0.926. The third kappa shape index (κ3) is 2.87. The molecule has 6 heteroatoms. The molecule has 4 rings (SSSR count). The average Bonchev–Trinajstić information content (AvgIpc) is 3.19. The van der Waals surface area contributed by atoms with Crippen LogP contribution < -0.4 is 5.32 Å². The number of nitrogens with zero attached hydrogens (tertiary/aromatic N) is 1. The molecule has 6 nitrogen and oxygen atoms in total. The number of cyclic esters (lactones) is 1. The highest BCUT2D eigenvalue weighted by Crippen LogP contribution is 2.38. The number of rotatable bonds is 3. The van der Waals surface area contributed by atoms with Crippen LogP contribution in [0.15, 0.2) is 42.5 Å². The van der Waals surface area contributed by atoms with Crippen molar-refractivity contribution in [1.82, 2.24) is 4.90 Å². The topological polar surface area (TPSA) is 75.7 Å². The van der Waals surface area contributed by atoms with Crippen LogP contribution in [0, 0.1) is 13.8 Å². The molecule has 2 atom stereocenters. The number of hydrogen-bond donors (Lipinski definition) is 1. The van der Waals surface area contributed by atoms with Gasteiger partial charge in [-0.1, -0.05) is 30.3 Å². The van der Waals surface area contributed by atoms with Gasteiger partial charge in [0.1, 0.15) is 6.04 Å².